The molecule has 1 unspecified atom stereocenters. The third-order valence-electron chi connectivity index (χ3n) is 1.40. The summed E-state index contributed by atoms with van der Waals surface area (Å²) in [4.78, 5) is 3.82. The number of pyridine rings is 1. The van der Waals surface area contributed by atoms with Crippen LogP contribution in [0.5, 0.6) is 0 Å². The smallest absolute Gasteiger partial charge is 0.182 e. The molecule has 3 N–H and O–H groups in total. The number of aliphatic hydroxyl groups is 1. The lowest BCUT2D eigenvalue weighted by atomic mass is 10.2. The third kappa shape index (κ3) is 1.94. The normalized spacial score (nSPS) is 12.9. The van der Waals surface area contributed by atoms with Crippen LogP contribution < -0.4 is 5.73 Å². The van der Waals surface area contributed by atoms with Gasteiger partial charge in [-0.2, -0.15) is 0 Å². The molecular formula is C7H9BrN2O2. The fourth-order valence-corrected chi connectivity index (χ4v) is 1.20. The first-order valence-corrected chi connectivity index (χ1v) is 4.06. The van der Waals surface area contributed by atoms with Crippen LogP contribution in [0, 0.1) is 0 Å². The lowest BCUT2D eigenvalue weighted by Gasteiger charge is -2.10. The Labute approximate surface area is 78.5 Å². The molecule has 0 spiro atoms. The first-order valence-electron chi connectivity index (χ1n) is 3.27. The zero-order chi connectivity index (χ0) is 9.14. The highest BCUT2D eigenvalue weighted by atomic mass is 79.9. The zero-order valence-electron chi connectivity index (χ0n) is 6.49. The van der Waals surface area contributed by atoms with E-state index in [1.807, 2.05) is 0 Å². The van der Waals surface area contributed by atoms with Crippen LogP contribution in [0.3, 0.4) is 0 Å². The van der Waals surface area contributed by atoms with Gasteiger partial charge in [0.2, 0.25) is 0 Å². The Morgan fingerprint density at radius 2 is 2.42 bits per heavy atom. The first kappa shape index (κ1) is 9.44. The molecule has 5 heteroatoms. The maximum atomic E-state index is 9.30. The maximum Gasteiger partial charge on any atom is 0.182 e. The Bertz CT molecular complexity index is 280. The van der Waals surface area contributed by atoms with Crippen molar-refractivity contribution < 1.29 is 9.84 Å². The zero-order valence-corrected chi connectivity index (χ0v) is 8.08. The SMILES string of the molecule is COC(O)c1cc(N)ncc1Br. The number of nitrogens with zero attached hydrogens (tertiary/aromatic N) is 1. The number of halogens is 1. The molecule has 0 aromatic carbocycles. The summed E-state index contributed by atoms with van der Waals surface area (Å²) in [5.41, 5.74) is 6.00. The molecule has 1 aromatic rings. The highest BCUT2D eigenvalue weighted by molar-refractivity contribution is 9.10. The van der Waals surface area contributed by atoms with Crippen molar-refractivity contribution in [1.82, 2.24) is 4.98 Å². The van der Waals surface area contributed by atoms with Gasteiger partial charge in [-0.05, 0) is 22.0 Å². The van der Waals surface area contributed by atoms with Crippen LogP contribution in [0.4, 0.5) is 5.82 Å². The van der Waals surface area contributed by atoms with E-state index in [2.05, 4.69) is 20.9 Å². The molecule has 0 saturated carbocycles. The second-order valence-corrected chi connectivity index (χ2v) is 3.07. The van der Waals surface area contributed by atoms with Crippen LogP contribution in [0.15, 0.2) is 16.7 Å². The second kappa shape index (κ2) is 3.84. The average molecular weight is 233 g/mol. The van der Waals surface area contributed by atoms with Gasteiger partial charge in [-0.15, -0.1) is 0 Å². The number of ether oxygens (including phenoxy) is 1. The van der Waals surface area contributed by atoms with Gasteiger partial charge in [-0.1, -0.05) is 0 Å². The maximum absolute atomic E-state index is 9.30. The Kier molecular flexibility index (Phi) is 3.02. The minimum absolute atomic E-state index is 0.351. The van der Waals surface area contributed by atoms with Gasteiger partial charge in [0, 0.05) is 23.3 Å². The first-order chi connectivity index (χ1) is 5.65. The molecule has 0 saturated heterocycles. The Hall–Kier alpha value is -0.650. The van der Waals surface area contributed by atoms with E-state index in [4.69, 9.17) is 10.5 Å². The van der Waals surface area contributed by atoms with Crippen molar-refractivity contribution in [2.24, 2.45) is 0 Å². The molecule has 0 fully saturated rings. The molecular weight excluding hydrogens is 224 g/mol. The van der Waals surface area contributed by atoms with E-state index < -0.39 is 6.29 Å². The van der Waals surface area contributed by atoms with Gasteiger partial charge in [-0.3, -0.25) is 0 Å². The van der Waals surface area contributed by atoms with Gasteiger partial charge in [0.1, 0.15) is 5.82 Å². The molecule has 4 nitrogen and oxygen atoms in total. The Morgan fingerprint density at radius 3 is 3.00 bits per heavy atom. The van der Waals surface area contributed by atoms with Crippen LogP contribution in [0.25, 0.3) is 0 Å². The number of nitrogen functional groups attached to an aromatic ring is 1. The average Bonchev–Trinajstić information content (AvgIpc) is 2.08. The molecule has 0 amide bonds. The molecule has 1 atom stereocenters. The summed E-state index contributed by atoms with van der Waals surface area (Å²) < 4.78 is 5.39. The third-order valence-corrected chi connectivity index (χ3v) is 2.06. The van der Waals surface area contributed by atoms with Gasteiger partial charge in [0.05, 0.1) is 0 Å². The van der Waals surface area contributed by atoms with E-state index in [0.717, 1.165) is 0 Å². The Balaban J connectivity index is 3.04. The molecule has 1 heterocycles. The van der Waals surface area contributed by atoms with Gasteiger partial charge in [0.15, 0.2) is 6.29 Å². The van der Waals surface area contributed by atoms with E-state index in [1.165, 1.54) is 13.3 Å². The molecule has 0 aliphatic rings. The summed E-state index contributed by atoms with van der Waals surface area (Å²) in [7, 11) is 1.41. The molecule has 0 aliphatic carbocycles. The highest BCUT2D eigenvalue weighted by Gasteiger charge is 2.10. The van der Waals surface area contributed by atoms with Crippen LogP contribution in [-0.2, 0) is 4.74 Å². The van der Waals surface area contributed by atoms with Gasteiger partial charge in [0.25, 0.3) is 0 Å². The predicted octanol–water partition coefficient (Wildman–Crippen LogP) is 1.06. The lowest BCUT2D eigenvalue weighted by Crippen LogP contribution is -2.02. The minimum Gasteiger partial charge on any atom is -0.384 e. The highest BCUT2D eigenvalue weighted by Crippen LogP contribution is 2.24. The number of methoxy groups -OCH3 is 1. The fraction of sp³-hybridized carbons (Fsp3) is 0.286. The van der Waals surface area contributed by atoms with E-state index in [1.54, 1.807) is 6.07 Å². The van der Waals surface area contributed by atoms with Crippen molar-refractivity contribution in [3.05, 3.63) is 22.3 Å². The van der Waals surface area contributed by atoms with E-state index in [-0.39, 0.29) is 0 Å². The number of rotatable bonds is 2. The largest absolute Gasteiger partial charge is 0.384 e. The second-order valence-electron chi connectivity index (χ2n) is 2.22. The number of aliphatic hydroxyl groups excluding tert-OH is 1. The summed E-state index contributed by atoms with van der Waals surface area (Å²) in [6.45, 7) is 0. The molecule has 66 valence electrons. The van der Waals surface area contributed by atoms with Gasteiger partial charge < -0.3 is 15.6 Å². The summed E-state index contributed by atoms with van der Waals surface area (Å²) in [5, 5.41) is 9.30. The summed E-state index contributed by atoms with van der Waals surface area (Å²) in [5.74, 6) is 0.351. The number of hydrogen-bond acceptors (Lipinski definition) is 4. The summed E-state index contributed by atoms with van der Waals surface area (Å²) in [6, 6.07) is 1.55. The van der Waals surface area contributed by atoms with Crippen LogP contribution in [0.2, 0.25) is 0 Å². The van der Waals surface area contributed by atoms with Crippen molar-refractivity contribution in [2.45, 2.75) is 6.29 Å². The van der Waals surface area contributed by atoms with Gasteiger partial charge in [-0.25, -0.2) is 4.98 Å². The minimum atomic E-state index is -0.968. The monoisotopic (exact) mass is 232 g/mol. The van der Waals surface area contributed by atoms with Crippen molar-refractivity contribution >= 4 is 21.7 Å². The molecule has 0 aliphatic heterocycles. The fourth-order valence-electron chi connectivity index (χ4n) is 0.787. The lowest BCUT2D eigenvalue weighted by molar-refractivity contribution is -0.0774. The molecule has 12 heavy (non-hydrogen) atoms. The van der Waals surface area contributed by atoms with Crippen molar-refractivity contribution in [3.63, 3.8) is 0 Å². The Morgan fingerprint density at radius 1 is 1.75 bits per heavy atom. The van der Waals surface area contributed by atoms with Crippen molar-refractivity contribution in [1.29, 1.82) is 0 Å². The van der Waals surface area contributed by atoms with Crippen LogP contribution >= 0.6 is 15.9 Å². The molecule has 1 aromatic heterocycles. The summed E-state index contributed by atoms with van der Waals surface area (Å²) in [6.07, 6.45) is 0.553. The summed E-state index contributed by atoms with van der Waals surface area (Å²) >= 11 is 3.21. The number of hydrogen-bond donors (Lipinski definition) is 2. The molecule has 0 bridgehead atoms. The number of aromatic nitrogens is 1. The molecule has 0 radical (unpaired) electrons. The quantitative estimate of drug-likeness (QED) is 0.749. The predicted molar refractivity (Wildman–Crippen MR) is 48.3 cm³/mol. The topological polar surface area (TPSA) is 68.4 Å². The number of nitrogens with two attached hydrogens (primary N) is 1. The molecule has 1 rings (SSSR count). The standard InChI is InChI=1S/C7H9BrN2O2/c1-12-7(11)4-2-6(9)10-3-5(4)8/h2-3,7,11H,1H3,(H2,9,10). The number of anilines is 1. The van der Waals surface area contributed by atoms with E-state index in [0.29, 0.717) is 15.9 Å². The van der Waals surface area contributed by atoms with E-state index in [9.17, 15) is 5.11 Å². The van der Waals surface area contributed by atoms with E-state index >= 15 is 0 Å². The van der Waals surface area contributed by atoms with Crippen LogP contribution in [0.1, 0.15) is 11.9 Å². The van der Waals surface area contributed by atoms with Crippen molar-refractivity contribution in [3.8, 4) is 0 Å². The van der Waals surface area contributed by atoms with Crippen molar-refractivity contribution in [2.75, 3.05) is 12.8 Å². The van der Waals surface area contributed by atoms with Crippen LogP contribution in [-0.4, -0.2) is 17.2 Å². The van der Waals surface area contributed by atoms with Gasteiger partial charge >= 0.3 is 0 Å².